The maximum absolute atomic E-state index is 9.79. The number of hydrogen-bond donors (Lipinski definition) is 1. The number of hydrogen-bond acceptors (Lipinski definition) is 4. The average molecular weight is 275 g/mol. The number of benzene rings is 1. The third-order valence-electron chi connectivity index (χ3n) is 5.02. The predicted octanol–water partition coefficient (Wildman–Crippen LogP) is 2.47. The van der Waals surface area contributed by atoms with Crippen molar-refractivity contribution in [2.75, 3.05) is 26.3 Å². The smallest absolute Gasteiger partial charge is 0.170 e. The summed E-state index contributed by atoms with van der Waals surface area (Å²) in [5.74, 6) is 1.69. The molecule has 0 unspecified atom stereocenters. The van der Waals surface area contributed by atoms with E-state index in [0.717, 1.165) is 44.9 Å². The van der Waals surface area contributed by atoms with Crippen molar-refractivity contribution in [3.63, 3.8) is 0 Å². The highest BCUT2D eigenvalue weighted by Crippen LogP contribution is 2.54. The van der Waals surface area contributed by atoms with Crippen LogP contribution in [0.25, 0.3) is 0 Å². The van der Waals surface area contributed by atoms with Crippen molar-refractivity contribution in [1.82, 2.24) is 4.90 Å². The predicted molar refractivity (Wildman–Crippen MR) is 75.1 cm³/mol. The Morgan fingerprint density at radius 1 is 1.20 bits per heavy atom. The van der Waals surface area contributed by atoms with Crippen LogP contribution in [0.4, 0.5) is 0 Å². The first kappa shape index (κ1) is 12.5. The van der Waals surface area contributed by atoms with Crippen LogP contribution >= 0.6 is 0 Å². The van der Waals surface area contributed by atoms with E-state index in [1.807, 2.05) is 12.1 Å². The molecule has 2 fully saturated rings. The number of phenolic OH excluding ortho intramolecular Hbond substituents is 1. The van der Waals surface area contributed by atoms with Crippen LogP contribution in [0, 0.1) is 0 Å². The molecule has 1 saturated carbocycles. The molecule has 0 aromatic heterocycles. The van der Waals surface area contributed by atoms with Crippen LogP contribution in [0.5, 0.6) is 11.5 Å². The molecule has 1 aliphatic carbocycles. The molecule has 1 aromatic carbocycles. The Bertz CT molecular complexity index is 512. The number of nitrogens with zero attached hydrogens (tertiary/aromatic N) is 1. The third kappa shape index (κ3) is 1.75. The molecular weight excluding hydrogens is 254 g/mol. The van der Waals surface area contributed by atoms with Gasteiger partial charge in [0.15, 0.2) is 5.72 Å². The fourth-order valence-electron chi connectivity index (χ4n) is 4.12. The van der Waals surface area contributed by atoms with Crippen molar-refractivity contribution in [3.8, 4) is 11.5 Å². The highest BCUT2D eigenvalue weighted by atomic mass is 16.5. The highest BCUT2D eigenvalue weighted by Gasteiger charge is 2.53. The Morgan fingerprint density at radius 2 is 2.05 bits per heavy atom. The quantitative estimate of drug-likeness (QED) is 0.855. The Kier molecular flexibility index (Phi) is 2.89. The van der Waals surface area contributed by atoms with Gasteiger partial charge in [0.05, 0.1) is 13.2 Å². The number of phenols is 1. The van der Waals surface area contributed by atoms with E-state index in [0.29, 0.717) is 11.7 Å². The summed E-state index contributed by atoms with van der Waals surface area (Å²) in [5, 5.41) is 9.79. The molecule has 1 N–H and O–H groups in total. The standard InChI is InChI=1S/C16H21NO3/c18-12-4-5-15-13(11-12)14-3-1-2-6-16(14,20-15)17-7-9-19-10-8-17/h4-5,11,14,18H,1-3,6-10H2/t14-,16-/m0/s1. The second-order valence-corrected chi connectivity index (χ2v) is 6.07. The van der Waals surface area contributed by atoms with Crippen molar-refractivity contribution in [3.05, 3.63) is 23.8 Å². The van der Waals surface area contributed by atoms with Gasteiger partial charge in [0, 0.05) is 31.0 Å². The minimum absolute atomic E-state index is 0.196. The Labute approximate surface area is 119 Å². The van der Waals surface area contributed by atoms with Gasteiger partial charge >= 0.3 is 0 Å². The molecule has 4 nitrogen and oxygen atoms in total. The Hall–Kier alpha value is -1.26. The topological polar surface area (TPSA) is 41.9 Å². The van der Waals surface area contributed by atoms with Gasteiger partial charge in [-0.15, -0.1) is 0 Å². The average Bonchev–Trinajstić information content (AvgIpc) is 2.83. The number of fused-ring (bicyclic) bond motifs is 3. The van der Waals surface area contributed by atoms with E-state index in [-0.39, 0.29) is 5.72 Å². The van der Waals surface area contributed by atoms with E-state index in [2.05, 4.69) is 4.90 Å². The molecule has 4 heteroatoms. The molecular formula is C16H21NO3. The van der Waals surface area contributed by atoms with Gasteiger partial charge in [-0.3, -0.25) is 4.90 Å². The van der Waals surface area contributed by atoms with E-state index in [9.17, 15) is 5.11 Å². The van der Waals surface area contributed by atoms with Crippen LogP contribution in [0.15, 0.2) is 18.2 Å². The summed E-state index contributed by atoms with van der Waals surface area (Å²) in [6, 6.07) is 5.54. The molecule has 0 bridgehead atoms. The molecule has 0 amide bonds. The summed E-state index contributed by atoms with van der Waals surface area (Å²) in [4.78, 5) is 2.47. The summed E-state index contributed by atoms with van der Waals surface area (Å²) in [6.45, 7) is 3.46. The molecule has 1 saturated heterocycles. The number of morpholine rings is 1. The fourth-order valence-corrected chi connectivity index (χ4v) is 4.12. The summed E-state index contributed by atoms with van der Waals surface area (Å²) < 4.78 is 11.9. The monoisotopic (exact) mass is 275 g/mol. The van der Waals surface area contributed by atoms with E-state index in [1.165, 1.54) is 18.4 Å². The van der Waals surface area contributed by atoms with Gasteiger partial charge in [-0.05, 0) is 31.0 Å². The van der Waals surface area contributed by atoms with Gasteiger partial charge in [0.25, 0.3) is 0 Å². The highest BCUT2D eigenvalue weighted by molar-refractivity contribution is 5.47. The van der Waals surface area contributed by atoms with Gasteiger partial charge < -0.3 is 14.6 Å². The number of rotatable bonds is 1. The SMILES string of the molecule is Oc1ccc2c(c1)[C@@H]1CCCC[C@]1(N1CCOCC1)O2. The van der Waals surface area contributed by atoms with Crippen molar-refractivity contribution in [1.29, 1.82) is 0 Å². The van der Waals surface area contributed by atoms with Gasteiger partial charge in [0.1, 0.15) is 11.5 Å². The van der Waals surface area contributed by atoms with E-state index < -0.39 is 0 Å². The third-order valence-corrected chi connectivity index (χ3v) is 5.02. The van der Waals surface area contributed by atoms with Crippen LogP contribution in [-0.2, 0) is 4.74 Å². The summed E-state index contributed by atoms with van der Waals surface area (Å²) >= 11 is 0. The van der Waals surface area contributed by atoms with E-state index >= 15 is 0 Å². The summed E-state index contributed by atoms with van der Waals surface area (Å²) in [5.41, 5.74) is 0.995. The zero-order valence-corrected chi connectivity index (χ0v) is 11.7. The molecule has 4 rings (SSSR count). The first-order valence-electron chi connectivity index (χ1n) is 7.64. The Morgan fingerprint density at radius 3 is 2.90 bits per heavy atom. The lowest BCUT2D eigenvalue weighted by atomic mass is 9.77. The van der Waals surface area contributed by atoms with Gasteiger partial charge in [-0.2, -0.15) is 0 Å². The maximum Gasteiger partial charge on any atom is 0.170 e. The van der Waals surface area contributed by atoms with Crippen LogP contribution in [0.3, 0.4) is 0 Å². The Balaban J connectivity index is 1.74. The molecule has 3 aliphatic rings. The van der Waals surface area contributed by atoms with Gasteiger partial charge in [-0.25, -0.2) is 0 Å². The van der Waals surface area contributed by atoms with Crippen LogP contribution in [0.1, 0.15) is 37.2 Å². The summed E-state index contributed by atoms with van der Waals surface area (Å²) in [6.07, 6.45) is 4.68. The van der Waals surface area contributed by atoms with Crippen LogP contribution in [0.2, 0.25) is 0 Å². The lowest BCUT2D eigenvalue weighted by Gasteiger charge is -2.47. The first-order valence-corrected chi connectivity index (χ1v) is 7.64. The lowest BCUT2D eigenvalue weighted by Crippen LogP contribution is -2.59. The second kappa shape index (κ2) is 4.64. The molecule has 2 aliphatic heterocycles. The van der Waals surface area contributed by atoms with Crippen molar-refractivity contribution < 1.29 is 14.6 Å². The van der Waals surface area contributed by atoms with E-state index in [4.69, 9.17) is 9.47 Å². The minimum atomic E-state index is -0.196. The van der Waals surface area contributed by atoms with Crippen molar-refractivity contribution >= 4 is 0 Å². The molecule has 0 radical (unpaired) electrons. The number of ether oxygens (including phenoxy) is 2. The van der Waals surface area contributed by atoms with E-state index in [1.54, 1.807) is 6.07 Å². The van der Waals surface area contributed by atoms with Crippen LogP contribution < -0.4 is 4.74 Å². The van der Waals surface area contributed by atoms with Crippen molar-refractivity contribution in [2.24, 2.45) is 0 Å². The second-order valence-electron chi connectivity index (χ2n) is 6.07. The molecule has 1 aromatic rings. The van der Waals surface area contributed by atoms with Gasteiger partial charge in [-0.1, -0.05) is 6.42 Å². The zero-order valence-electron chi connectivity index (χ0n) is 11.7. The maximum atomic E-state index is 9.79. The summed E-state index contributed by atoms with van der Waals surface area (Å²) in [7, 11) is 0. The first-order chi connectivity index (χ1) is 9.79. The molecule has 2 heterocycles. The van der Waals surface area contributed by atoms with Crippen LogP contribution in [-0.4, -0.2) is 42.0 Å². The minimum Gasteiger partial charge on any atom is -0.508 e. The molecule has 108 valence electrons. The molecule has 20 heavy (non-hydrogen) atoms. The number of aromatic hydroxyl groups is 1. The molecule has 2 atom stereocenters. The largest absolute Gasteiger partial charge is 0.508 e. The van der Waals surface area contributed by atoms with Gasteiger partial charge in [0.2, 0.25) is 0 Å². The fraction of sp³-hybridized carbons (Fsp3) is 0.625. The normalized spacial score (nSPS) is 33.3. The lowest BCUT2D eigenvalue weighted by molar-refractivity contribution is -0.139. The van der Waals surface area contributed by atoms with Crippen molar-refractivity contribution in [2.45, 2.75) is 37.3 Å². The molecule has 0 spiro atoms. The zero-order chi connectivity index (χ0) is 13.6.